The smallest absolute Gasteiger partial charge is 0.329 e. The van der Waals surface area contributed by atoms with Crippen molar-refractivity contribution in [1.82, 2.24) is 5.32 Å². The van der Waals surface area contributed by atoms with E-state index < -0.39 is 29.6 Å². The summed E-state index contributed by atoms with van der Waals surface area (Å²) in [5.74, 6) is -0.795. The van der Waals surface area contributed by atoms with Gasteiger partial charge in [-0.1, -0.05) is 24.3 Å². The number of hydrogen-bond donors (Lipinski definition) is 4. The molecule has 0 spiro atoms. The molecule has 7 heteroatoms. The average Bonchev–Trinajstić information content (AvgIpc) is 2.63. The number of esters is 1. The Bertz CT molecular complexity index is 826. The number of rotatable bonds is 7. The Hall–Kier alpha value is -3.06. The summed E-state index contributed by atoms with van der Waals surface area (Å²) in [7, 11) is 0. The van der Waals surface area contributed by atoms with Gasteiger partial charge in [0.1, 0.15) is 23.1 Å². The van der Waals surface area contributed by atoms with Crippen molar-refractivity contribution in [2.45, 2.75) is 51.3 Å². The predicted octanol–water partition coefficient (Wildman–Crippen LogP) is 2.04. The zero-order chi connectivity index (χ0) is 21.6. The van der Waals surface area contributed by atoms with Crippen LogP contribution in [0, 0.1) is 0 Å². The standard InChI is InChI=1S/C22H28N2O5/c1-22(2,3)29-21(28)19(13-15-6-10-17(26)11-7-15)24-20(27)18(23)12-14-4-8-16(25)9-5-14/h4-11,18-19,25-26H,12-13,23H2,1-3H3,(H,24,27)/t18-,19-/m0/s1. The molecule has 2 aromatic carbocycles. The fourth-order valence-electron chi connectivity index (χ4n) is 2.69. The van der Waals surface area contributed by atoms with E-state index in [9.17, 15) is 19.8 Å². The van der Waals surface area contributed by atoms with Crippen molar-refractivity contribution in [3.63, 3.8) is 0 Å². The first-order valence-electron chi connectivity index (χ1n) is 9.38. The van der Waals surface area contributed by atoms with Gasteiger partial charge in [0.15, 0.2) is 0 Å². The van der Waals surface area contributed by atoms with Gasteiger partial charge in [0, 0.05) is 6.42 Å². The number of aromatic hydroxyl groups is 2. The van der Waals surface area contributed by atoms with Crippen LogP contribution < -0.4 is 11.1 Å². The van der Waals surface area contributed by atoms with Crippen LogP contribution in [0.25, 0.3) is 0 Å². The minimum absolute atomic E-state index is 0.113. The number of ether oxygens (including phenoxy) is 1. The van der Waals surface area contributed by atoms with Crippen LogP contribution in [0.15, 0.2) is 48.5 Å². The van der Waals surface area contributed by atoms with Crippen LogP contribution in [0.4, 0.5) is 0 Å². The maximum atomic E-state index is 12.6. The summed E-state index contributed by atoms with van der Waals surface area (Å²) >= 11 is 0. The molecule has 0 bridgehead atoms. The molecule has 0 aliphatic heterocycles. The van der Waals surface area contributed by atoms with Crippen LogP contribution in [-0.4, -0.2) is 39.8 Å². The SMILES string of the molecule is CC(C)(C)OC(=O)[C@H](Cc1ccc(O)cc1)NC(=O)[C@@H](N)Cc1ccc(O)cc1. The lowest BCUT2D eigenvalue weighted by Gasteiger charge is -2.25. The zero-order valence-corrected chi connectivity index (χ0v) is 16.9. The Morgan fingerprint density at radius 2 is 1.38 bits per heavy atom. The van der Waals surface area contributed by atoms with Gasteiger partial charge in [-0.25, -0.2) is 4.79 Å². The molecule has 29 heavy (non-hydrogen) atoms. The number of hydrogen-bond acceptors (Lipinski definition) is 6. The Labute approximate surface area is 170 Å². The van der Waals surface area contributed by atoms with Gasteiger partial charge in [-0.05, 0) is 62.6 Å². The summed E-state index contributed by atoms with van der Waals surface area (Å²) < 4.78 is 5.44. The number of carbonyl (C=O) groups is 2. The first-order chi connectivity index (χ1) is 13.5. The van der Waals surface area contributed by atoms with Crippen molar-refractivity contribution in [2.24, 2.45) is 5.73 Å². The van der Waals surface area contributed by atoms with E-state index in [0.717, 1.165) is 11.1 Å². The second-order valence-corrected chi connectivity index (χ2v) is 7.94. The van der Waals surface area contributed by atoms with Gasteiger partial charge >= 0.3 is 5.97 Å². The molecule has 0 saturated heterocycles. The quantitative estimate of drug-likeness (QED) is 0.528. The molecule has 0 heterocycles. The van der Waals surface area contributed by atoms with Crippen molar-refractivity contribution in [3.05, 3.63) is 59.7 Å². The lowest BCUT2D eigenvalue weighted by Crippen LogP contribution is -2.51. The number of benzene rings is 2. The zero-order valence-electron chi connectivity index (χ0n) is 16.9. The highest BCUT2D eigenvalue weighted by atomic mass is 16.6. The largest absolute Gasteiger partial charge is 0.508 e. The number of amides is 1. The average molecular weight is 400 g/mol. The molecule has 7 nitrogen and oxygen atoms in total. The first kappa shape index (κ1) is 22.2. The normalized spacial score (nSPS) is 13.4. The summed E-state index contributed by atoms with van der Waals surface area (Å²) in [4.78, 5) is 25.2. The molecule has 0 fully saturated rings. The van der Waals surface area contributed by atoms with E-state index in [-0.39, 0.29) is 24.3 Å². The number of nitrogens with one attached hydrogen (secondary N) is 1. The Kier molecular flexibility index (Phi) is 7.23. The molecule has 0 aromatic heterocycles. The molecule has 2 rings (SSSR count). The number of phenolic OH excluding ortho intramolecular Hbond substituents is 2. The van der Waals surface area contributed by atoms with Crippen molar-refractivity contribution >= 4 is 11.9 Å². The third-order valence-corrected chi connectivity index (χ3v) is 4.11. The second-order valence-electron chi connectivity index (χ2n) is 7.94. The maximum absolute atomic E-state index is 12.6. The van der Waals surface area contributed by atoms with Crippen LogP contribution in [0.5, 0.6) is 11.5 Å². The fourth-order valence-corrected chi connectivity index (χ4v) is 2.69. The molecule has 0 unspecified atom stereocenters. The van der Waals surface area contributed by atoms with E-state index >= 15 is 0 Å². The van der Waals surface area contributed by atoms with Gasteiger partial charge in [0.05, 0.1) is 6.04 Å². The first-order valence-corrected chi connectivity index (χ1v) is 9.38. The summed E-state index contributed by atoms with van der Waals surface area (Å²) in [6.07, 6.45) is 0.458. The van der Waals surface area contributed by atoms with Gasteiger partial charge in [0.25, 0.3) is 0 Å². The highest BCUT2D eigenvalue weighted by molar-refractivity contribution is 5.88. The van der Waals surface area contributed by atoms with E-state index in [1.807, 2.05) is 0 Å². The Balaban J connectivity index is 2.09. The minimum Gasteiger partial charge on any atom is -0.508 e. The van der Waals surface area contributed by atoms with Crippen LogP contribution in [-0.2, 0) is 27.2 Å². The van der Waals surface area contributed by atoms with Crippen molar-refractivity contribution < 1.29 is 24.5 Å². The summed E-state index contributed by atoms with van der Waals surface area (Å²) in [5, 5.41) is 21.5. The highest BCUT2D eigenvalue weighted by Crippen LogP contribution is 2.15. The molecule has 2 aromatic rings. The highest BCUT2D eigenvalue weighted by Gasteiger charge is 2.28. The molecule has 0 radical (unpaired) electrons. The van der Waals surface area contributed by atoms with Crippen LogP contribution in [0.3, 0.4) is 0 Å². The predicted molar refractivity (Wildman–Crippen MR) is 109 cm³/mol. The molecule has 2 atom stereocenters. The molecule has 0 aliphatic rings. The lowest BCUT2D eigenvalue weighted by atomic mass is 10.0. The fraction of sp³-hybridized carbons (Fsp3) is 0.364. The summed E-state index contributed by atoms with van der Waals surface area (Å²) in [6.45, 7) is 5.25. The maximum Gasteiger partial charge on any atom is 0.329 e. The molecular formula is C22H28N2O5. The summed E-state index contributed by atoms with van der Waals surface area (Å²) in [6, 6.07) is 11.0. The van der Waals surface area contributed by atoms with Crippen molar-refractivity contribution in [1.29, 1.82) is 0 Å². The van der Waals surface area contributed by atoms with Gasteiger partial charge in [0.2, 0.25) is 5.91 Å². The monoisotopic (exact) mass is 400 g/mol. The third-order valence-electron chi connectivity index (χ3n) is 4.11. The molecule has 1 amide bonds. The molecule has 5 N–H and O–H groups in total. The Morgan fingerprint density at radius 1 is 0.931 bits per heavy atom. The van der Waals surface area contributed by atoms with Gasteiger partial charge < -0.3 is 26.0 Å². The molecule has 0 aliphatic carbocycles. The van der Waals surface area contributed by atoms with Gasteiger partial charge in [-0.3, -0.25) is 4.79 Å². The number of phenols is 2. The molecule has 0 saturated carbocycles. The summed E-state index contributed by atoms with van der Waals surface area (Å²) in [5.41, 5.74) is 6.86. The van der Waals surface area contributed by atoms with Crippen molar-refractivity contribution in [2.75, 3.05) is 0 Å². The van der Waals surface area contributed by atoms with Gasteiger partial charge in [-0.2, -0.15) is 0 Å². The van der Waals surface area contributed by atoms with E-state index in [1.54, 1.807) is 45.0 Å². The lowest BCUT2D eigenvalue weighted by molar-refractivity contribution is -0.158. The van der Waals surface area contributed by atoms with Crippen LogP contribution >= 0.6 is 0 Å². The number of nitrogens with two attached hydrogens (primary N) is 1. The van der Waals surface area contributed by atoms with E-state index in [2.05, 4.69) is 5.32 Å². The van der Waals surface area contributed by atoms with Crippen molar-refractivity contribution in [3.8, 4) is 11.5 Å². The van der Waals surface area contributed by atoms with E-state index in [4.69, 9.17) is 10.5 Å². The van der Waals surface area contributed by atoms with E-state index in [1.165, 1.54) is 24.3 Å². The second kappa shape index (κ2) is 9.43. The Morgan fingerprint density at radius 3 is 1.83 bits per heavy atom. The van der Waals surface area contributed by atoms with E-state index in [0.29, 0.717) is 0 Å². The third kappa shape index (κ3) is 7.46. The molecular weight excluding hydrogens is 372 g/mol. The number of carbonyl (C=O) groups excluding carboxylic acids is 2. The topological polar surface area (TPSA) is 122 Å². The minimum atomic E-state index is -0.919. The van der Waals surface area contributed by atoms with Gasteiger partial charge in [-0.15, -0.1) is 0 Å². The molecule has 156 valence electrons. The van der Waals surface area contributed by atoms with Crippen LogP contribution in [0.2, 0.25) is 0 Å². The van der Waals surface area contributed by atoms with Crippen LogP contribution in [0.1, 0.15) is 31.9 Å².